The van der Waals surface area contributed by atoms with E-state index in [1.165, 1.54) is 0 Å². The fourth-order valence-corrected chi connectivity index (χ4v) is 2.70. The summed E-state index contributed by atoms with van der Waals surface area (Å²) in [7, 11) is 5.33. The molecule has 1 aromatic carbocycles. The number of methoxy groups -OCH3 is 2. The minimum absolute atomic E-state index is 0.494. The van der Waals surface area contributed by atoms with Crippen molar-refractivity contribution < 1.29 is 18.6 Å². The Morgan fingerprint density at radius 2 is 2.07 bits per heavy atom. The van der Waals surface area contributed by atoms with Gasteiger partial charge in [-0.3, -0.25) is 4.99 Å². The molecule has 0 aliphatic heterocycles. The van der Waals surface area contributed by atoms with Crippen molar-refractivity contribution in [3.8, 4) is 11.5 Å². The molecule has 1 heterocycles. The highest BCUT2D eigenvalue weighted by atomic mass is 16.5. The van der Waals surface area contributed by atoms with Crippen molar-refractivity contribution in [2.45, 2.75) is 26.5 Å². The standard InChI is InChI=1S/C21H31N3O4/c1-5-22-21(23-11-7-12-27-16-19-8-6-13-28-19)24(2)15-17-9-10-18(25-3)14-20(17)26-4/h6,8-10,13-14H,5,7,11-12,15-16H2,1-4H3,(H,22,23). The van der Waals surface area contributed by atoms with E-state index >= 15 is 0 Å². The van der Waals surface area contributed by atoms with Gasteiger partial charge in [-0.25, -0.2) is 0 Å². The molecule has 2 aromatic rings. The van der Waals surface area contributed by atoms with Gasteiger partial charge in [-0.2, -0.15) is 0 Å². The Labute approximate surface area is 167 Å². The third-order valence-corrected chi connectivity index (χ3v) is 4.13. The van der Waals surface area contributed by atoms with Crippen LogP contribution in [0.25, 0.3) is 0 Å². The van der Waals surface area contributed by atoms with Gasteiger partial charge < -0.3 is 28.8 Å². The highest BCUT2D eigenvalue weighted by molar-refractivity contribution is 5.79. The van der Waals surface area contributed by atoms with E-state index in [4.69, 9.17) is 23.6 Å². The van der Waals surface area contributed by atoms with Gasteiger partial charge in [-0.05, 0) is 37.6 Å². The van der Waals surface area contributed by atoms with Crippen LogP contribution >= 0.6 is 0 Å². The van der Waals surface area contributed by atoms with Crippen LogP contribution in [0.2, 0.25) is 0 Å². The van der Waals surface area contributed by atoms with Crippen LogP contribution in [0.4, 0.5) is 0 Å². The summed E-state index contributed by atoms with van der Waals surface area (Å²) in [5, 5.41) is 3.33. The summed E-state index contributed by atoms with van der Waals surface area (Å²) in [4.78, 5) is 6.78. The molecule has 0 spiro atoms. The van der Waals surface area contributed by atoms with Crippen LogP contribution in [0.5, 0.6) is 11.5 Å². The van der Waals surface area contributed by atoms with E-state index in [1.807, 2.05) is 37.4 Å². The molecule has 0 fully saturated rings. The molecule has 2 rings (SSSR count). The molecule has 0 bridgehead atoms. The monoisotopic (exact) mass is 389 g/mol. The Morgan fingerprint density at radius 3 is 2.75 bits per heavy atom. The number of furan rings is 1. The average molecular weight is 389 g/mol. The van der Waals surface area contributed by atoms with Gasteiger partial charge in [-0.1, -0.05) is 0 Å². The molecule has 7 nitrogen and oxygen atoms in total. The second kappa shape index (κ2) is 11.9. The quantitative estimate of drug-likeness (QED) is 0.361. The maximum Gasteiger partial charge on any atom is 0.193 e. The number of nitrogens with one attached hydrogen (secondary N) is 1. The number of benzene rings is 1. The lowest BCUT2D eigenvalue weighted by Gasteiger charge is -2.23. The maximum absolute atomic E-state index is 5.60. The number of aliphatic imine (C=N–C) groups is 1. The predicted octanol–water partition coefficient (Wildman–Crippen LogP) is 3.30. The van der Waals surface area contributed by atoms with Crippen molar-refractivity contribution in [3.05, 3.63) is 47.9 Å². The van der Waals surface area contributed by atoms with Crippen molar-refractivity contribution in [1.82, 2.24) is 10.2 Å². The van der Waals surface area contributed by atoms with Crippen molar-refractivity contribution >= 4 is 5.96 Å². The molecule has 0 amide bonds. The van der Waals surface area contributed by atoms with Crippen LogP contribution in [-0.4, -0.2) is 51.8 Å². The zero-order valence-electron chi connectivity index (χ0n) is 17.2. The third kappa shape index (κ3) is 6.81. The molecule has 154 valence electrons. The fraction of sp³-hybridized carbons (Fsp3) is 0.476. The van der Waals surface area contributed by atoms with Crippen LogP contribution in [-0.2, 0) is 17.9 Å². The first-order valence-corrected chi connectivity index (χ1v) is 9.48. The average Bonchev–Trinajstić information content (AvgIpc) is 3.23. The Balaban J connectivity index is 1.86. The van der Waals surface area contributed by atoms with E-state index in [0.717, 1.165) is 41.7 Å². The van der Waals surface area contributed by atoms with Gasteiger partial charge in [0.05, 0.1) is 20.5 Å². The van der Waals surface area contributed by atoms with Crippen molar-refractivity contribution in [2.75, 3.05) is 41.0 Å². The van der Waals surface area contributed by atoms with E-state index < -0.39 is 0 Å². The normalized spacial score (nSPS) is 11.4. The first kappa shape index (κ1) is 21.6. The molecule has 0 aliphatic rings. The minimum atomic E-state index is 0.494. The molecule has 1 aromatic heterocycles. The van der Waals surface area contributed by atoms with Gasteiger partial charge in [-0.15, -0.1) is 0 Å². The van der Waals surface area contributed by atoms with Crippen LogP contribution in [0.3, 0.4) is 0 Å². The molecule has 0 radical (unpaired) electrons. The summed E-state index contributed by atoms with van der Waals surface area (Å²) >= 11 is 0. The number of nitrogens with zero attached hydrogens (tertiary/aromatic N) is 2. The van der Waals surface area contributed by atoms with Gasteiger partial charge >= 0.3 is 0 Å². The van der Waals surface area contributed by atoms with Gasteiger partial charge in [0, 0.05) is 44.9 Å². The molecule has 0 saturated heterocycles. The lowest BCUT2D eigenvalue weighted by molar-refractivity contribution is 0.105. The lowest BCUT2D eigenvalue weighted by Crippen LogP contribution is -2.38. The summed E-state index contributed by atoms with van der Waals surface area (Å²) in [5.41, 5.74) is 1.07. The van der Waals surface area contributed by atoms with E-state index in [-0.39, 0.29) is 0 Å². The number of rotatable bonds is 11. The molecule has 28 heavy (non-hydrogen) atoms. The summed E-state index contributed by atoms with van der Waals surface area (Å²) in [6, 6.07) is 9.61. The van der Waals surface area contributed by atoms with E-state index in [2.05, 4.69) is 17.1 Å². The van der Waals surface area contributed by atoms with Crippen molar-refractivity contribution in [3.63, 3.8) is 0 Å². The number of hydrogen-bond donors (Lipinski definition) is 1. The van der Waals surface area contributed by atoms with Gasteiger partial charge in [0.25, 0.3) is 0 Å². The second-order valence-electron chi connectivity index (χ2n) is 6.25. The molecule has 7 heteroatoms. The van der Waals surface area contributed by atoms with Crippen molar-refractivity contribution in [1.29, 1.82) is 0 Å². The summed E-state index contributed by atoms with van der Waals surface area (Å²) in [5.74, 6) is 3.27. The van der Waals surface area contributed by atoms with Crippen LogP contribution < -0.4 is 14.8 Å². The summed E-state index contributed by atoms with van der Waals surface area (Å²) in [6.45, 7) is 5.36. The Morgan fingerprint density at radius 1 is 1.21 bits per heavy atom. The van der Waals surface area contributed by atoms with E-state index in [0.29, 0.717) is 26.3 Å². The van der Waals surface area contributed by atoms with E-state index in [1.54, 1.807) is 20.5 Å². The van der Waals surface area contributed by atoms with Crippen LogP contribution in [0.1, 0.15) is 24.7 Å². The van der Waals surface area contributed by atoms with E-state index in [9.17, 15) is 0 Å². The summed E-state index contributed by atoms with van der Waals surface area (Å²) < 4.78 is 21.6. The summed E-state index contributed by atoms with van der Waals surface area (Å²) in [6.07, 6.45) is 2.49. The lowest BCUT2D eigenvalue weighted by atomic mass is 10.2. The molecule has 0 atom stereocenters. The molecular formula is C21H31N3O4. The first-order chi connectivity index (χ1) is 13.7. The van der Waals surface area contributed by atoms with Crippen LogP contribution in [0, 0.1) is 0 Å². The fourth-order valence-electron chi connectivity index (χ4n) is 2.70. The highest BCUT2D eigenvalue weighted by Crippen LogP contribution is 2.25. The number of guanidine groups is 1. The highest BCUT2D eigenvalue weighted by Gasteiger charge is 2.11. The Kier molecular flexibility index (Phi) is 9.21. The minimum Gasteiger partial charge on any atom is -0.497 e. The van der Waals surface area contributed by atoms with Gasteiger partial charge in [0.15, 0.2) is 5.96 Å². The third-order valence-electron chi connectivity index (χ3n) is 4.13. The molecule has 1 N–H and O–H groups in total. The zero-order chi connectivity index (χ0) is 20.2. The smallest absolute Gasteiger partial charge is 0.193 e. The first-order valence-electron chi connectivity index (χ1n) is 9.48. The van der Waals surface area contributed by atoms with Crippen LogP contribution in [0.15, 0.2) is 46.0 Å². The van der Waals surface area contributed by atoms with Crippen molar-refractivity contribution in [2.24, 2.45) is 4.99 Å². The Bertz CT molecular complexity index is 716. The van der Waals surface area contributed by atoms with Gasteiger partial charge in [0.2, 0.25) is 0 Å². The number of hydrogen-bond acceptors (Lipinski definition) is 5. The SMILES string of the molecule is CCNC(=NCCCOCc1ccco1)N(C)Cc1ccc(OC)cc1OC. The maximum atomic E-state index is 5.60. The predicted molar refractivity (Wildman–Crippen MR) is 110 cm³/mol. The Hall–Kier alpha value is -2.67. The molecule has 0 aliphatic carbocycles. The second-order valence-corrected chi connectivity index (χ2v) is 6.25. The molecule has 0 unspecified atom stereocenters. The largest absolute Gasteiger partial charge is 0.497 e. The zero-order valence-corrected chi connectivity index (χ0v) is 17.2. The number of ether oxygens (including phenoxy) is 3. The van der Waals surface area contributed by atoms with Gasteiger partial charge in [0.1, 0.15) is 23.9 Å². The molecular weight excluding hydrogens is 358 g/mol. The topological polar surface area (TPSA) is 68.5 Å². The molecule has 0 saturated carbocycles.